The average molecular weight is 340 g/mol. The summed E-state index contributed by atoms with van der Waals surface area (Å²) in [7, 11) is 0. The molecule has 0 aliphatic carbocycles. The second-order valence-corrected chi connectivity index (χ2v) is 6.12. The Hall–Kier alpha value is -2.80. The van der Waals surface area contributed by atoms with Crippen LogP contribution in [0.5, 0.6) is 11.5 Å². The molecule has 0 unspecified atom stereocenters. The number of hydrogen-bond acceptors (Lipinski definition) is 5. The molecule has 2 amide bonds. The minimum absolute atomic E-state index is 0.0811. The number of hydrogen-bond donors (Lipinski definition) is 1. The predicted molar refractivity (Wildman–Crippen MR) is 92.7 cm³/mol. The molecule has 0 spiro atoms. The molecule has 25 heavy (non-hydrogen) atoms. The van der Waals surface area contributed by atoms with Gasteiger partial charge in [-0.05, 0) is 29.8 Å². The lowest BCUT2D eigenvalue weighted by molar-refractivity contribution is 0.143. The van der Waals surface area contributed by atoms with Crippen molar-refractivity contribution in [2.45, 2.75) is 6.54 Å². The minimum Gasteiger partial charge on any atom is -0.454 e. The van der Waals surface area contributed by atoms with E-state index >= 15 is 0 Å². The van der Waals surface area contributed by atoms with Gasteiger partial charge >= 0.3 is 6.03 Å². The Bertz CT molecular complexity index is 745. The van der Waals surface area contributed by atoms with Gasteiger partial charge in [-0.2, -0.15) is 0 Å². The predicted octanol–water partition coefficient (Wildman–Crippen LogP) is 2.16. The number of ether oxygens (including phenoxy) is 2. The van der Waals surface area contributed by atoms with Crippen LogP contribution in [0.2, 0.25) is 0 Å². The molecular formula is C18H20N4O3. The Morgan fingerprint density at radius 3 is 2.60 bits per heavy atom. The molecule has 1 N–H and O–H groups in total. The van der Waals surface area contributed by atoms with E-state index in [1.807, 2.05) is 41.6 Å². The normalized spacial score (nSPS) is 16.7. The first-order chi connectivity index (χ1) is 12.3. The second kappa shape index (κ2) is 6.98. The van der Waals surface area contributed by atoms with Gasteiger partial charge in [0.05, 0.1) is 0 Å². The fraction of sp³-hybridized carbons (Fsp3) is 0.333. The zero-order valence-electron chi connectivity index (χ0n) is 13.9. The van der Waals surface area contributed by atoms with Crippen LogP contribution < -0.4 is 14.8 Å². The third-order valence-corrected chi connectivity index (χ3v) is 4.44. The van der Waals surface area contributed by atoms with Crippen LogP contribution in [0.3, 0.4) is 0 Å². The molecule has 3 heterocycles. The Kier molecular flexibility index (Phi) is 4.39. The van der Waals surface area contributed by atoms with Crippen LogP contribution in [0, 0.1) is 0 Å². The molecule has 2 aliphatic heterocycles. The van der Waals surface area contributed by atoms with Gasteiger partial charge in [0.25, 0.3) is 0 Å². The van der Waals surface area contributed by atoms with Crippen molar-refractivity contribution in [1.29, 1.82) is 0 Å². The van der Waals surface area contributed by atoms with Crippen LogP contribution in [-0.4, -0.2) is 53.8 Å². The summed E-state index contributed by atoms with van der Waals surface area (Å²) >= 11 is 0. The van der Waals surface area contributed by atoms with E-state index in [-0.39, 0.29) is 12.8 Å². The fourth-order valence-electron chi connectivity index (χ4n) is 3.03. The summed E-state index contributed by atoms with van der Waals surface area (Å²) in [6, 6.07) is 9.40. The molecule has 0 radical (unpaired) electrons. The van der Waals surface area contributed by atoms with Gasteiger partial charge in [0.1, 0.15) is 0 Å². The highest BCUT2D eigenvalue weighted by molar-refractivity contribution is 5.89. The van der Waals surface area contributed by atoms with E-state index in [0.717, 1.165) is 19.6 Å². The molecule has 2 aliphatic rings. The molecule has 2 aromatic rings. The van der Waals surface area contributed by atoms with Gasteiger partial charge in [0.2, 0.25) is 6.79 Å². The maximum Gasteiger partial charge on any atom is 0.321 e. The number of aromatic nitrogens is 1. The van der Waals surface area contributed by atoms with E-state index in [9.17, 15) is 4.79 Å². The molecule has 4 rings (SSSR count). The highest BCUT2D eigenvalue weighted by atomic mass is 16.7. The molecule has 0 bridgehead atoms. The van der Waals surface area contributed by atoms with Crippen molar-refractivity contribution in [3.05, 3.63) is 48.3 Å². The van der Waals surface area contributed by atoms with Crippen LogP contribution >= 0.6 is 0 Å². The summed E-state index contributed by atoms with van der Waals surface area (Å²) in [6.45, 7) is 4.25. The lowest BCUT2D eigenvalue weighted by atomic mass is 10.2. The highest BCUT2D eigenvalue weighted by Crippen LogP contribution is 2.34. The van der Waals surface area contributed by atoms with E-state index in [1.54, 1.807) is 6.07 Å². The third-order valence-electron chi connectivity index (χ3n) is 4.44. The molecule has 7 nitrogen and oxygen atoms in total. The molecule has 0 saturated carbocycles. The summed E-state index contributed by atoms with van der Waals surface area (Å²) in [4.78, 5) is 20.7. The Morgan fingerprint density at radius 1 is 1.04 bits per heavy atom. The zero-order chi connectivity index (χ0) is 17.1. The standard InChI is InChI=1S/C18H20N4O3/c23-18(20-15-1-2-16-17(11-15)25-13-24-16)22-9-7-21(8-10-22)12-14-3-5-19-6-4-14/h1-6,11H,7-10,12-13H2,(H,20,23). The van der Waals surface area contributed by atoms with E-state index in [0.29, 0.717) is 30.3 Å². The van der Waals surface area contributed by atoms with Gasteiger partial charge in [-0.15, -0.1) is 0 Å². The van der Waals surface area contributed by atoms with Gasteiger partial charge in [-0.3, -0.25) is 9.88 Å². The van der Waals surface area contributed by atoms with Crippen molar-refractivity contribution in [1.82, 2.24) is 14.8 Å². The number of amides is 2. The Labute approximate surface area is 146 Å². The molecule has 1 saturated heterocycles. The van der Waals surface area contributed by atoms with E-state index in [4.69, 9.17) is 9.47 Å². The monoisotopic (exact) mass is 340 g/mol. The van der Waals surface area contributed by atoms with Crippen LogP contribution in [0.25, 0.3) is 0 Å². The summed E-state index contributed by atoms with van der Waals surface area (Å²) in [5.41, 5.74) is 1.96. The van der Waals surface area contributed by atoms with Crippen molar-refractivity contribution in [2.24, 2.45) is 0 Å². The number of nitrogens with zero attached hydrogens (tertiary/aromatic N) is 3. The summed E-state index contributed by atoms with van der Waals surface area (Å²) < 4.78 is 10.6. The Balaban J connectivity index is 1.29. The quantitative estimate of drug-likeness (QED) is 0.927. The van der Waals surface area contributed by atoms with Crippen LogP contribution in [0.15, 0.2) is 42.7 Å². The third kappa shape index (κ3) is 3.66. The maximum absolute atomic E-state index is 12.4. The molecular weight excluding hydrogens is 320 g/mol. The lowest BCUT2D eigenvalue weighted by Crippen LogP contribution is -2.49. The summed E-state index contributed by atoms with van der Waals surface area (Å²) in [5, 5.41) is 2.93. The largest absolute Gasteiger partial charge is 0.454 e. The first kappa shape index (κ1) is 15.7. The molecule has 130 valence electrons. The van der Waals surface area contributed by atoms with E-state index < -0.39 is 0 Å². The van der Waals surface area contributed by atoms with Crippen molar-refractivity contribution in [3.8, 4) is 11.5 Å². The number of urea groups is 1. The number of anilines is 1. The number of nitrogens with one attached hydrogen (secondary N) is 1. The molecule has 1 aromatic heterocycles. The number of piperazine rings is 1. The Morgan fingerprint density at radius 2 is 1.80 bits per heavy atom. The average Bonchev–Trinajstić information content (AvgIpc) is 3.11. The van der Waals surface area contributed by atoms with Gasteiger partial charge in [-0.25, -0.2) is 4.79 Å². The van der Waals surface area contributed by atoms with Crippen molar-refractivity contribution in [2.75, 3.05) is 38.3 Å². The number of carbonyl (C=O) groups is 1. The molecule has 1 aromatic carbocycles. The number of rotatable bonds is 3. The molecule has 0 atom stereocenters. The van der Waals surface area contributed by atoms with Gasteiger partial charge in [0, 0.05) is 56.9 Å². The smallest absolute Gasteiger partial charge is 0.321 e. The first-order valence-corrected chi connectivity index (χ1v) is 8.35. The van der Waals surface area contributed by atoms with Gasteiger partial charge < -0.3 is 19.7 Å². The summed E-state index contributed by atoms with van der Waals surface area (Å²) in [6.07, 6.45) is 3.62. The topological polar surface area (TPSA) is 66.9 Å². The molecule has 7 heteroatoms. The summed E-state index contributed by atoms with van der Waals surface area (Å²) in [5.74, 6) is 1.38. The van der Waals surface area contributed by atoms with Crippen molar-refractivity contribution in [3.63, 3.8) is 0 Å². The highest BCUT2D eigenvalue weighted by Gasteiger charge is 2.22. The lowest BCUT2D eigenvalue weighted by Gasteiger charge is -2.34. The van der Waals surface area contributed by atoms with Crippen molar-refractivity contribution >= 4 is 11.7 Å². The number of benzene rings is 1. The first-order valence-electron chi connectivity index (χ1n) is 8.35. The van der Waals surface area contributed by atoms with Gasteiger partial charge in [0.15, 0.2) is 11.5 Å². The zero-order valence-corrected chi connectivity index (χ0v) is 13.9. The minimum atomic E-state index is -0.0811. The molecule has 1 fully saturated rings. The van der Waals surface area contributed by atoms with Crippen molar-refractivity contribution < 1.29 is 14.3 Å². The van der Waals surface area contributed by atoms with Crippen LogP contribution in [-0.2, 0) is 6.54 Å². The fourth-order valence-corrected chi connectivity index (χ4v) is 3.03. The van der Waals surface area contributed by atoms with Crippen LogP contribution in [0.1, 0.15) is 5.56 Å². The SMILES string of the molecule is O=C(Nc1ccc2c(c1)OCO2)N1CCN(Cc2ccncc2)CC1. The number of carbonyl (C=O) groups excluding carboxylic acids is 1. The van der Waals surface area contributed by atoms with Crippen LogP contribution in [0.4, 0.5) is 10.5 Å². The second-order valence-electron chi connectivity index (χ2n) is 6.12. The number of pyridine rings is 1. The van der Waals surface area contributed by atoms with E-state index in [2.05, 4.69) is 15.2 Å². The number of fused-ring (bicyclic) bond motifs is 1. The van der Waals surface area contributed by atoms with E-state index in [1.165, 1.54) is 5.56 Å². The van der Waals surface area contributed by atoms with Gasteiger partial charge in [-0.1, -0.05) is 0 Å². The maximum atomic E-state index is 12.4.